The van der Waals surface area contributed by atoms with Gasteiger partial charge in [0.15, 0.2) is 0 Å². The molecule has 1 aromatic rings. The van der Waals surface area contributed by atoms with Crippen molar-refractivity contribution < 1.29 is 4.79 Å². The minimum atomic E-state index is -0.00333. The number of tetrazole rings is 1. The topological polar surface area (TPSA) is 74.8 Å². The van der Waals surface area contributed by atoms with E-state index in [1.165, 1.54) is 4.90 Å². The highest BCUT2D eigenvalue weighted by atomic mass is 32.1. The zero-order valence-corrected chi connectivity index (χ0v) is 7.03. The predicted molar refractivity (Wildman–Crippen MR) is 43.9 cm³/mol. The molecule has 0 bridgehead atoms. The number of nitrogens with zero attached hydrogens (tertiary/aromatic N) is 4. The number of rotatable bonds is 1. The van der Waals surface area contributed by atoms with Gasteiger partial charge in [0.05, 0.1) is 0 Å². The molecular weight excluding hydrogens is 178 g/mol. The maximum absolute atomic E-state index is 11.2. The van der Waals surface area contributed by atoms with Crippen LogP contribution >= 0.6 is 12.6 Å². The highest BCUT2D eigenvalue weighted by molar-refractivity contribution is 7.81. The molecule has 1 aromatic heterocycles. The number of aromatic nitrogens is 4. The fourth-order valence-electron chi connectivity index (χ4n) is 1.15. The van der Waals surface area contributed by atoms with Crippen LogP contribution < -0.4 is 4.90 Å². The fourth-order valence-corrected chi connectivity index (χ4v) is 1.47. The van der Waals surface area contributed by atoms with E-state index in [0.29, 0.717) is 18.9 Å². The van der Waals surface area contributed by atoms with Crippen LogP contribution in [0.25, 0.3) is 0 Å². The molecule has 0 saturated carbocycles. The normalized spacial score (nSPS) is 23.6. The third kappa shape index (κ3) is 1.15. The molecule has 0 radical (unpaired) electrons. The number of nitrogens with one attached hydrogen (secondary N) is 1. The molecule has 12 heavy (non-hydrogen) atoms. The number of hydrogen-bond acceptors (Lipinski definition) is 5. The Labute approximate surface area is 73.7 Å². The molecule has 1 fully saturated rings. The third-order valence-electron chi connectivity index (χ3n) is 1.68. The van der Waals surface area contributed by atoms with Crippen LogP contribution in [0.4, 0.5) is 5.95 Å². The average Bonchev–Trinajstić information content (AvgIpc) is 2.58. The summed E-state index contributed by atoms with van der Waals surface area (Å²) in [5.74, 6) is 0.327. The number of thiol groups is 1. The molecule has 1 aliphatic heterocycles. The van der Waals surface area contributed by atoms with Crippen LogP contribution in [-0.2, 0) is 4.79 Å². The molecule has 0 aliphatic carbocycles. The van der Waals surface area contributed by atoms with Gasteiger partial charge in [-0.2, -0.15) is 17.8 Å². The van der Waals surface area contributed by atoms with Gasteiger partial charge in [0.1, 0.15) is 0 Å². The molecule has 1 amide bonds. The Hall–Kier alpha value is -1.11. The Kier molecular flexibility index (Phi) is 1.72. The van der Waals surface area contributed by atoms with Gasteiger partial charge in [0.2, 0.25) is 5.91 Å². The second-order valence-electron chi connectivity index (χ2n) is 2.57. The Bertz CT molecular complexity index is 286. The maximum atomic E-state index is 11.2. The second-order valence-corrected chi connectivity index (χ2v) is 3.30. The van der Waals surface area contributed by atoms with E-state index in [2.05, 4.69) is 33.3 Å². The molecule has 2 heterocycles. The summed E-state index contributed by atoms with van der Waals surface area (Å²) in [6, 6.07) is 0. The van der Waals surface area contributed by atoms with Crippen molar-refractivity contribution in [2.45, 2.75) is 11.7 Å². The predicted octanol–water partition coefficient (Wildman–Crippen LogP) is -0.765. The molecule has 0 spiro atoms. The first-order valence-electron chi connectivity index (χ1n) is 3.49. The van der Waals surface area contributed by atoms with Crippen LogP contribution in [0.2, 0.25) is 0 Å². The molecule has 1 saturated heterocycles. The molecule has 7 heteroatoms. The number of anilines is 1. The fraction of sp³-hybridized carbons (Fsp3) is 0.600. The quantitative estimate of drug-likeness (QED) is 0.564. The molecule has 0 aromatic carbocycles. The van der Waals surface area contributed by atoms with Crippen molar-refractivity contribution in [1.82, 2.24) is 20.6 Å². The van der Waals surface area contributed by atoms with Gasteiger partial charge in [0.25, 0.3) is 5.95 Å². The standard InChI is InChI=1S/C5H7N5OS/c11-4-1-3(12)2-10(4)5-6-8-9-7-5/h3,12H,1-2H2,(H,6,7,8,9). The zero-order chi connectivity index (χ0) is 8.55. The highest BCUT2D eigenvalue weighted by Crippen LogP contribution is 2.19. The number of amides is 1. The van der Waals surface area contributed by atoms with E-state index >= 15 is 0 Å². The summed E-state index contributed by atoms with van der Waals surface area (Å²) in [4.78, 5) is 12.7. The van der Waals surface area contributed by atoms with Crippen LogP contribution in [-0.4, -0.2) is 38.3 Å². The van der Waals surface area contributed by atoms with E-state index in [-0.39, 0.29) is 11.2 Å². The summed E-state index contributed by atoms with van der Waals surface area (Å²) in [7, 11) is 0. The number of H-pyrrole nitrogens is 1. The number of hydrogen-bond donors (Lipinski definition) is 2. The van der Waals surface area contributed by atoms with Crippen LogP contribution in [0, 0.1) is 0 Å². The minimum absolute atomic E-state index is 0.00333. The zero-order valence-electron chi connectivity index (χ0n) is 6.14. The Morgan fingerprint density at radius 3 is 3.00 bits per heavy atom. The van der Waals surface area contributed by atoms with E-state index in [1.54, 1.807) is 0 Å². The second kappa shape index (κ2) is 2.74. The van der Waals surface area contributed by atoms with Crippen LogP contribution in [0.15, 0.2) is 0 Å². The lowest BCUT2D eigenvalue weighted by molar-refractivity contribution is -0.117. The van der Waals surface area contributed by atoms with E-state index in [9.17, 15) is 4.79 Å². The Morgan fingerprint density at radius 1 is 1.67 bits per heavy atom. The van der Waals surface area contributed by atoms with E-state index in [4.69, 9.17) is 0 Å². The van der Waals surface area contributed by atoms with Gasteiger partial charge in [-0.3, -0.25) is 9.69 Å². The largest absolute Gasteiger partial charge is 0.277 e. The number of carbonyl (C=O) groups is 1. The molecule has 1 aliphatic rings. The van der Waals surface area contributed by atoms with Crippen LogP contribution in [0.5, 0.6) is 0 Å². The number of aromatic amines is 1. The maximum Gasteiger partial charge on any atom is 0.272 e. The minimum Gasteiger partial charge on any atom is -0.277 e. The lowest BCUT2D eigenvalue weighted by Crippen LogP contribution is -2.25. The van der Waals surface area contributed by atoms with Crippen LogP contribution in [0.3, 0.4) is 0 Å². The molecule has 2 rings (SSSR count). The van der Waals surface area contributed by atoms with Gasteiger partial charge in [0, 0.05) is 18.2 Å². The average molecular weight is 185 g/mol. The highest BCUT2D eigenvalue weighted by Gasteiger charge is 2.30. The Balaban J connectivity index is 2.21. The number of carbonyl (C=O) groups excluding carboxylic acids is 1. The molecular formula is C5H7N5OS. The summed E-state index contributed by atoms with van der Waals surface area (Å²) in [5.41, 5.74) is 0. The van der Waals surface area contributed by atoms with Crippen molar-refractivity contribution >= 4 is 24.5 Å². The van der Waals surface area contributed by atoms with Gasteiger partial charge in [-0.1, -0.05) is 5.10 Å². The van der Waals surface area contributed by atoms with Gasteiger partial charge in [-0.15, -0.1) is 5.10 Å². The van der Waals surface area contributed by atoms with E-state index < -0.39 is 0 Å². The summed E-state index contributed by atoms with van der Waals surface area (Å²) >= 11 is 4.19. The Morgan fingerprint density at radius 2 is 2.50 bits per heavy atom. The van der Waals surface area contributed by atoms with Gasteiger partial charge >= 0.3 is 0 Å². The first-order valence-corrected chi connectivity index (χ1v) is 4.01. The summed E-state index contributed by atoms with van der Waals surface area (Å²) in [6.07, 6.45) is 0.442. The summed E-state index contributed by atoms with van der Waals surface area (Å²) in [5, 5.41) is 13.2. The first-order chi connectivity index (χ1) is 5.77. The van der Waals surface area contributed by atoms with Crippen molar-refractivity contribution in [1.29, 1.82) is 0 Å². The van der Waals surface area contributed by atoms with Gasteiger partial charge < -0.3 is 0 Å². The molecule has 6 nitrogen and oxygen atoms in total. The molecule has 1 unspecified atom stereocenters. The lowest BCUT2D eigenvalue weighted by Gasteiger charge is -2.08. The first kappa shape index (κ1) is 7.53. The summed E-state index contributed by atoms with van der Waals surface area (Å²) < 4.78 is 0. The van der Waals surface area contributed by atoms with Crippen molar-refractivity contribution in [3.8, 4) is 0 Å². The monoisotopic (exact) mass is 185 g/mol. The SMILES string of the molecule is O=C1CC(S)CN1c1nn[nH]n1. The summed E-state index contributed by atoms with van der Waals surface area (Å²) in [6.45, 7) is 0.557. The van der Waals surface area contributed by atoms with Crippen LogP contribution in [0.1, 0.15) is 6.42 Å². The molecule has 64 valence electrons. The van der Waals surface area contributed by atoms with Gasteiger partial charge in [-0.05, 0) is 5.21 Å². The smallest absolute Gasteiger partial charge is 0.272 e. The van der Waals surface area contributed by atoms with E-state index in [1.807, 2.05) is 0 Å². The van der Waals surface area contributed by atoms with Crippen molar-refractivity contribution in [3.63, 3.8) is 0 Å². The lowest BCUT2D eigenvalue weighted by atomic mass is 10.4. The molecule has 1 atom stereocenters. The van der Waals surface area contributed by atoms with Crippen molar-refractivity contribution in [3.05, 3.63) is 0 Å². The van der Waals surface area contributed by atoms with Crippen molar-refractivity contribution in [2.75, 3.05) is 11.4 Å². The third-order valence-corrected chi connectivity index (χ3v) is 2.03. The van der Waals surface area contributed by atoms with Gasteiger partial charge in [-0.25, -0.2) is 0 Å². The van der Waals surface area contributed by atoms with E-state index in [0.717, 1.165) is 0 Å². The van der Waals surface area contributed by atoms with Crippen molar-refractivity contribution in [2.24, 2.45) is 0 Å². The molecule has 1 N–H and O–H groups in total.